The molecule has 0 atom stereocenters. The number of nitrogens with one attached hydrogen (secondary N) is 1. The highest BCUT2D eigenvalue weighted by Crippen LogP contribution is 2.22. The van der Waals surface area contributed by atoms with E-state index < -0.39 is 0 Å². The zero-order chi connectivity index (χ0) is 13.5. The molecular formula is C15H17ClN2O. The summed E-state index contributed by atoms with van der Waals surface area (Å²) in [6.45, 7) is 1.34. The lowest BCUT2D eigenvalue weighted by atomic mass is 10.2. The van der Waals surface area contributed by atoms with Crippen LogP contribution in [0.4, 0.5) is 0 Å². The molecule has 2 rings (SSSR count). The Bertz CT molecular complexity index is 517. The Morgan fingerprint density at radius 3 is 2.89 bits per heavy atom. The summed E-state index contributed by atoms with van der Waals surface area (Å²) in [7, 11) is 1.90. The van der Waals surface area contributed by atoms with Crippen LogP contribution in [0.25, 0.3) is 0 Å². The van der Waals surface area contributed by atoms with Gasteiger partial charge in [0.25, 0.3) is 0 Å². The second kappa shape index (κ2) is 7.12. The second-order valence-corrected chi connectivity index (χ2v) is 4.64. The maximum Gasteiger partial charge on any atom is 0.123 e. The number of hydrogen-bond acceptors (Lipinski definition) is 3. The molecule has 0 saturated heterocycles. The Labute approximate surface area is 118 Å². The number of halogens is 1. The third kappa shape index (κ3) is 4.23. The SMILES string of the molecule is CNCc1cc(Cl)ccc1OCCc1ccccn1. The smallest absolute Gasteiger partial charge is 0.123 e. The fraction of sp³-hybridized carbons (Fsp3) is 0.267. The van der Waals surface area contributed by atoms with E-state index in [1.54, 1.807) is 6.20 Å². The Kier molecular flexibility index (Phi) is 5.19. The van der Waals surface area contributed by atoms with E-state index in [0.29, 0.717) is 6.61 Å². The molecule has 3 nitrogen and oxygen atoms in total. The van der Waals surface area contributed by atoms with Crippen molar-refractivity contribution in [3.63, 3.8) is 0 Å². The van der Waals surface area contributed by atoms with Crippen LogP contribution in [-0.4, -0.2) is 18.6 Å². The summed E-state index contributed by atoms with van der Waals surface area (Å²) in [5.41, 5.74) is 2.10. The van der Waals surface area contributed by atoms with Gasteiger partial charge in [-0.25, -0.2) is 0 Å². The lowest BCUT2D eigenvalue weighted by molar-refractivity contribution is 0.316. The van der Waals surface area contributed by atoms with Crippen molar-refractivity contribution >= 4 is 11.6 Å². The van der Waals surface area contributed by atoms with Crippen LogP contribution in [0, 0.1) is 0 Å². The molecule has 0 amide bonds. The molecule has 0 saturated carbocycles. The average Bonchev–Trinajstić information content (AvgIpc) is 2.43. The topological polar surface area (TPSA) is 34.1 Å². The molecule has 1 N–H and O–H groups in total. The van der Waals surface area contributed by atoms with Gasteiger partial charge in [-0.2, -0.15) is 0 Å². The minimum absolute atomic E-state index is 0.607. The maximum atomic E-state index is 5.99. The summed E-state index contributed by atoms with van der Waals surface area (Å²) < 4.78 is 5.81. The van der Waals surface area contributed by atoms with E-state index in [-0.39, 0.29) is 0 Å². The van der Waals surface area contributed by atoms with Crippen LogP contribution in [0.2, 0.25) is 5.02 Å². The number of rotatable bonds is 6. The Balaban J connectivity index is 1.95. The van der Waals surface area contributed by atoms with E-state index in [1.807, 2.05) is 43.4 Å². The van der Waals surface area contributed by atoms with Crippen molar-refractivity contribution in [2.24, 2.45) is 0 Å². The first-order valence-electron chi connectivity index (χ1n) is 6.25. The fourth-order valence-corrected chi connectivity index (χ4v) is 2.02. The number of pyridine rings is 1. The number of benzene rings is 1. The zero-order valence-electron chi connectivity index (χ0n) is 10.9. The molecule has 100 valence electrons. The molecule has 2 aromatic rings. The quantitative estimate of drug-likeness (QED) is 0.880. The van der Waals surface area contributed by atoms with Crippen molar-refractivity contribution < 1.29 is 4.74 Å². The van der Waals surface area contributed by atoms with E-state index in [4.69, 9.17) is 16.3 Å². The molecule has 0 fully saturated rings. The van der Waals surface area contributed by atoms with Gasteiger partial charge >= 0.3 is 0 Å². The molecule has 1 aromatic carbocycles. The average molecular weight is 277 g/mol. The first-order valence-corrected chi connectivity index (χ1v) is 6.63. The molecule has 0 bridgehead atoms. The number of nitrogens with zero attached hydrogens (tertiary/aromatic N) is 1. The van der Waals surface area contributed by atoms with Crippen molar-refractivity contribution in [1.82, 2.24) is 10.3 Å². The van der Waals surface area contributed by atoms with Crippen molar-refractivity contribution in [3.05, 3.63) is 58.9 Å². The maximum absolute atomic E-state index is 5.99. The monoisotopic (exact) mass is 276 g/mol. The third-order valence-electron chi connectivity index (χ3n) is 2.73. The molecule has 1 aromatic heterocycles. The van der Waals surface area contributed by atoms with Gasteiger partial charge in [-0.3, -0.25) is 4.98 Å². The molecule has 0 aliphatic heterocycles. The van der Waals surface area contributed by atoms with Crippen LogP contribution in [0.3, 0.4) is 0 Å². The largest absolute Gasteiger partial charge is 0.493 e. The summed E-state index contributed by atoms with van der Waals surface area (Å²) in [6.07, 6.45) is 2.59. The minimum atomic E-state index is 0.607. The first-order chi connectivity index (χ1) is 9.29. The second-order valence-electron chi connectivity index (χ2n) is 4.20. The number of hydrogen-bond donors (Lipinski definition) is 1. The lowest BCUT2D eigenvalue weighted by Gasteiger charge is -2.11. The van der Waals surface area contributed by atoms with Gasteiger partial charge in [0.15, 0.2) is 0 Å². The Morgan fingerprint density at radius 1 is 1.26 bits per heavy atom. The summed E-state index contributed by atoms with van der Waals surface area (Å²) >= 11 is 5.99. The van der Waals surface area contributed by atoms with Crippen molar-refractivity contribution in [2.45, 2.75) is 13.0 Å². The standard InChI is InChI=1S/C15H17ClN2O/c1-17-11-12-10-13(16)5-6-15(12)19-9-7-14-4-2-3-8-18-14/h2-6,8,10,17H,7,9,11H2,1H3. The van der Waals surface area contributed by atoms with Crippen molar-refractivity contribution in [3.8, 4) is 5.75 Å². The molecule has 0 unspecified atom stereocenters. The van der Waals surface area contributed by atoms with Crippen LogP contribution in [0.15, 0.2) is 42.6 Å². The van der Waals surface area contributed by atoms with E-state index in [1.165, 1.54) is 0 Å². The summed E-state index contributed by atoms with van der Waals surface area (Å²) in [5, 5.41) is 3.83. The van der Waals surface area contributed by atoms with Crippen LogP contribution >= 0.6 is 11.6 Å². The van der Waals surface area contributed by atoms with Crippen LogP contribution in [0.1, 0.15) is 11.3 Å². The number of ether oxygens (including phenoxy) is 1. The van der Waals surface area contributed by atoms with Gasteiger partial charge in [0.1, 0.15) is 5.75 Å². The highest BCUT2D eigenvalue weighted by Gasteiger charge is 2.04. The summed E-state index contributed by atoms with van der Waals surface area (Å²) in [6, 6.07) is 11.6. The minimum Gasteiger partial charge on any atom is -0.493 e. The van der Waals surface area contributed by atoms with Crippen LogP contribution in [-0.2, 0) is 13.0 Å². The molecule has 0 radical (unpaired) electrons. The first kappa shape index (κ1) is 13.8. The molecule has 0 spiro atoms. The van der Waals surface area contributed by atoms with E-state index in [9.17, 15) is 0 Å². The van der Waals surface area contributed by atoms with Gasteiger partial charge in [0, 0.05) is 35.4 Å². The highest BCUT2D eigenvalue weighted by atomic mass is 35.5. The van der Waals surface area contributed by atoms with Gasteiger partial charge in [0.2, 0.25) is 0 Å². The van der Waals surface area contributed by atoms with Crippen molar-refractivity contribution in [1.29, 1.82) is 0 Å². The highest BCUT2D eigenvalue weighted by molar-refractivity contribution is 6.30. The normalized spacial score (nSPS) is 10.4. The van der Waals surface area contributed by atoms with Crippen LogP contribution in [0.5, 0.6) is 5.75 Å². The predicted octanol–water partition coefficient (Wildman–Crippen LogP) is 3.08. The van der Waals surface area contributed by atoms with Gasteiger partial charge < -0.3 is 10.1 Å². The summed E-state index contributed by atoms with van der Waals surface area (Å²) in [5.74, 6) is 0.870. The molecule has 1 heterocycles. The number of aromatic nitrogens is 1. The molecule has 0 aliphatic carbocycles. The molecule has 4 heteroatoms. The Morgan fingerprint density at radius 2 is 2.16 bits per heavy atom. The fourth-order valence-electron chi connectivity index (χ4n) is 1.83. The van der Waals surface area contributed by atoms with Crippen LogP contribution < -0.4 is 10.1 Å². The van der Waals surface area contributed by atoms with E-state index >= 15 is 0 Å². The zero-order valence-corrected chi connectivity index (χ0v) is 11.7. The third-order valence-corrected chi connectivity index (χ3v) is 2.97. The van der Waals surface area contributed by atoms with Gasteiger partial charge in [-0.1, -0.05) is 17.7 Å². The van der Waals surface area contributed by atoms with Gasteiger partial charge in [-0.15, -0.1) is 0 Å². The molecule has 0 aliphatic rings. The van der Waals surface area contributed by atoms with Gasteiger partial charge in [0.05, 0.1) is 6.61 Å². The van der Waals surface area contributed by atoms with E-state index in [0.717, 1.165) is 35.0 Å². The molecule has 19 heavy (non-hydrogen) atoms. The van der Waals surface area contributed by atoms with Crippen molar-refractivity contribution in [2.75, 3.05) is 13.7 Å². The van der Waals surface area contributed by atoms with E-state index in [2.05, 4.69) is 10.3 Å². The van der Waals surface area contributed by atoms with Gasteiger partial charge in [-0.05, 0) is 37.4 Å². The predicted molar refractivity (Wildman–Crippen MR) is 77.7 cm³/mol. The lowest BCUT2D eigenvalue weighted by Crippen LogP contribution is -2.09. The Hall–Kier alpha value is -1.58. The molecular weight excluding hydrogens is 260 g/mol. The summed E-state index contributed by atoms with van der Waals surface area (Å²) in [4.78, 5) is 4.27.